The van der Waals surface area contributed by atoms with Gasteiger partial charge in [0.2, 0.25) is 5.91 Å². The van der Waals surface area contributed by atoms with E-state index < -0.39 is 0 Å². The zero-order valence-electron chi connectivity index (χ0n) is 9.92. The van der Waals surface area contributed by atoms with Crippen molar-refractivity contribution >= 4 is 11.6 Å². The van der Waals surface area contributed by atoms with E-state index in [4.69, 9.17) is 0 Å². The van der Waals surface area contributed by atoms with E-state index in [1.54, 1.807) is 19.1 Å². The average Bonchev–Trinajstić information content (AvgIpc) is 2.35. The molecule has 0 spiro atoms. The molecule has 1 aliphatic heterocycles. The summed E-state index contributed by atoms with van der Waals surface area (Å²) in [6, 6.07) is 4.60. The van der Waals surface area contributed by atoms with Gasteiger partial charge in [-0.1, -0.05) is 12.5 Å². The Morgan fingerprint density at radius 3 is 2.94 bits per heavy atom. The maximum absolute atomic E-state index is 13.3. The zero-order valence-corrected chi connectivity index (χ0v) is 9.92. The highest BCUT2D eigenvalue weighted by Crippen LogP contribution is 2.15. The summed E-state index contributed by atoms with van der Waals surface area (Å²) in [4.78, 5) is 11.9. The van der Waals surface area contributed by atoms with Crippen LogP contribution in [-0.4, -0.2) is 18.5 Å². The predicted octanol–water partition coefficient (Wildman–Crippen LogP) is 2.21. The fraction of sp³-hybridized carbons (Fsp3) is 0.462. The first kappa shape index (κ1) is 12.0. The molecule has 2 rings (SSSR count). The quantitative estimate of drug-likeness (QED) is 0.826. The summed E-state index contributed by atoms with van der Waals surface area (Å²) in [5.74, 6) is -0.368. The minimum atomic E-state index is -0.292. The van der Waals surface area contributed by atoms with Gasteiger partial charge in [-0.3, -0.25) is 4.79 Å². The molecule has 0 radical (unpaired) electrons. The van der Waals surface area contributed by atoms with E-state index in [0.717, 1.165) is 25.8 Å². The minimum Gasteiger partial charge on any atom is -0.325 e. The molecular weight excluding hydrogens is 219 g/mol. The van der Waals surface area contributed by atoms with Crippen molar-refractivity contribution in [1.29, 1.82) is 0 Å². The maximum Gasteiger partial charge on any atom is 0.241 e. The van der Waals surface area contributed by atoms with E-state index >= 15 is 0 Å². The number of carbonyl (C=O) groups is 1. The third-order valence-corrected chi connectivity index (χ3v) is 3.07. The Hall–Kier alpha value is -1.42. The Balaban J connectivity index is 1.99. The largest absolute Gasteiger partial charge is 0.325 e. The monoisotopic (exact) mass is 236 g/mol. The lowest BCUT2D eigenvalue weighted by Gasteiger charge is -2.22. The van der Waals surface area contributed by atoms with Gasteiger partial charge in [0.25, 0.3) is 0 Å². The molecule has 1 heterocycles. The molecule has 2 N–H and O–H groups in total. The first-order chi connectivity index (χ1) is 8.16. The van der Waals surface area contributed by atoms with Crippen molar-refractivity contribution < 1.29 is 9.18 Å². The maximum atomic E-state index is 13.3. The molecule has 92 valence electrons. The standard InChI is InChI=1S/C13H17FN2O/c1-9-5-6-10(8-11(9)14)16-13(17)12-4-2-3-7-15-12/h5-6,8,12,15H,2-4,7H2,1H3,(H,16,17). The van der Waals surface area contributed by atoms with Crippen LogP contribution in [0.3, 0.4) is 0 Å². The smallest absolute Gasteiger partial charge is 0.241 e. The summed E-state index contributed by atoms with van der Waals surface area (Å²) < 4.78 is 13.3. The Morgan fingerprint density at radius 1 is 1.47 bits per heavy atom. The van der Waals surface area contributed by atoms with Gasteiger partial charge < -0.3 is 10.6 Å². The van der Waals surface area contributed by atoms with Gasteiger partial charge in [0.15, 0.2) is 0 Å². The van der Waals surface area contributed by atoms with Crippen molar-refractivity contribution in [3.63, 3.8) is 0 Å². The second-order valence-electron chi connectivity index (χ2n) is 4.46. The number of piperidine rings is 1. The van der Waals surface area contributed by atoms with Gasteiger partial charge >= 0.3 is 0 Å². The van der Waals surface area contributed by atoms with E-state index in [1.165, 1.54) is 6.07 Å². The van der Waals surface area contributed by atoms with Crippen LogP contribution in [0.15, 0.2) is 18.2 Å². The molecule has 1 amide bonds. The van der Waals surface area contributed by atoms with Crippen LogP contribution in [-0.2, 0) is 4.79 Å². The SMILES string of the molecule is Cc1ccc(NC(=O)C2CCCCN2)cc1F. The van der Waals surface area contributed by atoms with Crippen molar-refractivity contribution in [3.8, 4) is 0 Å². The zero-order chi connectivity index (χ0) is 12.3. The lowest BCUT2D eigenvalue weighted by molar-refractivity contribution is -0.118. The number of halogens is 1. The highest BCUT2D eigenvalue weighted by atomic mass is 19.1. The topological polar surface area (TPSA) is 41.1 Å². The molecule has 4 heteroatoms. The van der Waals surface area contributed by atoms with Crippen LogP contribution >= 0.6 is 0 Å². The second-order valence-corrected chi connectivity index (χ2v) is 4.46. The fourth-order valence-electron chi connectivity index (χ4n) is 1.98. The van der Waals surface area contributed by atoms with Crippen molar-refractivity contribution in [1.82, 2.24) is 5.32 Å². The van der Waals surface area contributed by atoms with Gasteiger partial charge in [-0.2, -0.15) is 0 Å². The first-order valence-corrected chi connectivity index (χ1v) is 5.97. The molecule has 1 aromatic carbocycles. The van der Waals surface area contributed by atoms with Crippen molar-refractivity contribution in [2.45, 2.75) is 32.2 Å². The molecule has 17 heavy (non-hydrogen) atoms. The molecule has 1 aliphatic rings. The number of benzene rings is 1. The molecule has 0 aromatic heterocycles. The van der Waals surface area contributed by atoms with Gasteiger partial charge in [0, 0.05) is 5.69 Å². The summed E-state index contributed by atoms with van der Waals surface area (Å²) in [6.07, 6.45) is 3.02. The van der Waals surface area contributed by atoms with Crippen LogP contribution in [0.1, 0.15) is 24.8 Å². The number of hydrogen-bond acceptors (Lipinski definition) is 2. The van der Waals surface area contributed by atoms with E-state index in [-0.39, 0.29) is 17.8 Å². The normalized spacial score (nSPS) is 20.0. The molecule has 1 fully saturated rings. The summed E-state index contributed by atoms with van der Waals surface area (Å²) in [6.45, 7) is 2.57. The number of amides is 1. The van der Waals surface area contributed by atoms with Crippen LogP contribution in [0.25, 0.3) is 0 Å². The Bertz CT molecular complexity index is 414. The number of aryl methyl sites for hydroxylation is 1. The Kier molecular flexibility index (Phi) is 3.74. The fourth-order valence-corrected chi connectivity index (χ4v) is 1.98. The van der Waals surface area contributed by atoms with E-state index in [9.17, 15) is 9.18 Å². The van der Waals surface area contributed by atoms with E-state index in [2.05, 4.69) is 10.6 Å². The van der Waals surface area contributed by atoms with Gasteiger partial charge in [-0.15, -0.1) is 0 Å². The Morgan fingerprint density at radius 2 is 2.29 bits per heavy atom. The Labute approximate surface area is 100 Å². The molecule has 1 atom stereocenters. The average molecular weight is 236 g/mol. The highest BCUT2D eigenvalue weighted by Gasteiger charge is 2.20. The molecule has 0 saturated carbocycles. The van der Waals surface area contributed by atoms with Crippen LogP contribution in [0.2, 0.25) is 0 Å². The predicted molar refractivity (Wildman–Crippen MR) is 65.4 cm³/mol. The molecule has 1 aromatic rings. The number of hydrogen-bond donors (Lipinski definition) is 2. The van der Waals surface area contributed by atoms with Gasteiger partial charge in [-0.25, -0.2) is 4.39 Å². The number of anilines is 1. The van der Waals surface area contributed by atoms with Crippen LogP contribution < -0.4 is 10.6 Å². The summed E-state index contributed by atoms with van der Waals surface area (Å²) in [5, 5.41) is 5.90. The number of nitrogens with one attached hydrogen (secondary N) is 2. The van der Waals surface area contributed by atoms with Gasteiger partial charge in [-0.05, 0) is 44.0 Å². The molecule has 3 nitrogen and oxygen atoms in total. The van der Waals surface area contributed by atoms with Gasteiger partial charge in [0.1, 0.15) is 5.82 Å². The number of rotatable bonds is 2. The van der Waals surface area contributed by atoms with E-state index in [1.807, 2.05) is 0 Å². The highest BCUT2D eigenvalue weighted by molar-refractivity contribution is 5.94. The second kappa shape index (κ2) is 5.27. The van der Waals surface area contributed by atoms with Crippen LogP contribution in [0.5, 0.6) is 0 Å². The van der Waals surface area contributed by atoms with E-state index in [0.29, 0.717) is 11.3 Å². The first-order valence-electron chi connectivity index (χ1n) is 5.97. The van der Waals surface area contributed by atoms with Crippen LogP contribution in [0.4, 0.5) is 10.1 Å². The third-order valence-electron chi connectivity index (χ3n) is 3.07. The molecule has 1 saturated heterocycles. The lowest BCUT2D eigenvalue weighted by Crippen LogP contribution is -2.43. The van der Waals surface area contributed by atoms with Gasteiger partial charge in [0.05, 0.1) is 6.04 Å². The molecule has 0 aliphatic carbocycles. The lowest BCUT2D eigenvalue weighted by atomic mass is 10.0. The molecular formula is C13H17FN2O. The summed E-state index contributed by atoms with van der Waals surface area (Å²) in [7, 11) is 0. The van der Waals surface area contributed by atoms with Crippen LogP contribution in [0, 0.1) is 12.7 Å². The molecule has 0 bridgehead atoms. The number of carbonyl (C=O) groups excluding carboxylic acids is 1. The van der Waals surface area contributed by atoms with Crippen molar-refractivity contribution in [3.05, 3.63) is 29.6 Å². The molecule has 1 unspecified atom stereocenters. The minimum absolute atomic E-state index is 0.0760. The summed E-state index contributed by atoms with van der Waals surface area (Å²) >= 11 is 0. The van der Waals surface area contributed by atoms with Crippen molar-refractivity contribution in [2.24, 2.45) is 0 Å². The summed E-state index contributed by atoms with van der Waals surface area (Å²) in [5.41, 5.74) is 1.10. The third kappa shape index (κ3) is 3.03. The van der Waals surface area contributed by atoms with Crippen molar-refractivity contribution in [2.75, 3.05) is 11.9 Å².